The van der Waals surface area contributed by atoms with Gasteiger partial charge in [0.05, 0.1) is 11.2 Å². The lowest BCUT2D eigenvalue weighted by Gasteiger charge is -2.39. The summed E-state index contributed by atoms with van der Waals surface area (Å²) < 4.78 is 0. The van der Waals surface area contributed by atoms with Gasteiger partial charge < -0.3 is 5.32 Å². The number of thiazole rings is 1. The minimum atomic E-state index is 0.171. The van der Waals surface area contributed by atoms with Crippen LogP contribution in [0, 0.1) is 11.3 Å². The number of aryl methyl sites for hydroxylation is 1. The van der Waals surface area contributed by atoms with Crippen molar-refractivity contribution >= 4 is 17.2 Å². The molecule has 1 N–H and O–H groups in total. The van der Waals surface area contributed by atoms with Gasteiger partial charge in [0, 0.05) is 17.8 Å². The molecule has 3 nitrogen and oxygen atoms in total. The number of hydrogen-bond donors (Lipinski definition) is 1. The highest BCUT2D eigenvalue weighted by atomic mass is 32.1. The highest BCUT2D eigenvalue weighted by Crippen LogP contribution is 2.38. The lowest BCUT2D eigenvalue weighted by Crippen LogP contribution is -2.44. The van der Waals surface area contributed by atoms with Crippen LogP contribution in [0.1, 0.15) is 52.1 Å². The number of hydrogen-bond acceptors (Lipinski definition) is 3. The van der Waals surface area contributed by atoms with Gasteiger partial charge in [-0.3, -0.25) is 4.79 Å². The Labute approximate surface area is 119 Å². The minimum Gasteiger partial charge on any atom is -0.353 e. The minimum absolute atomic E-state index is 0.171. The largest absolute Gasteiger partial charge is 0.353 e. The van der Waals surface area contributed by atoms with E-state index in [2.05, 4.69) is 31.1 Å². The maximum Gasteiger partial charge on any atom is 0.220 e. The van der Waals surface area contributed by atoms with Gasteiger partial charge in [-0.15, -0.1) is 11.3 Å². The third kappa shape index (κ3) is 4.30. The van der Waals surface area contributed by atoms with Gasteiger partial charge in [-0.25, -0.2) is 4.98 Å². The van der Waals surface area contributed by atoms with Crippen LogP contribution in [0.3, 0.4) is 0 Å². The first-order valence-electron chi connectivity index (χ1n) is 7.13. The third-order valence-electron chi connectivity index (χ3n) is 4.13. The second kappa shape index (κ2) is 6.04. The fraction of sp³-hybridized carbons (Fsp3) is 0.733. The molecule has 1 aliphatic rings. The Hall–Kier alpha value is -0.900. The summed E-state index contributed by atoms with van der Waals surface area (Å²) in [6.07, 6.45) is 4.81. The fourth-order valence-corrected chi connectivity index (χ4v) is 3.64. The van der Waals surface area contributed by atoms with E-state index in [1.165, 1.54) is 12.8 Å². The van der Waals surface area contributed by atoms with E-state index < -0.39 is 0 Å². The Balaban J connectivity index is 1.76. The van der Waals surface area contributed by atoms with Crippen LogP contribution >= 0.6 is 11.3 Å². The average molecular weight is 280 g/mol. The molecule has 1 heterocycles. The topological polar surface area (TPSA) is 42.0 Å². The van der Waals surface area contributed by atoms with Crippen molar-refractivity contribution in [3.8, 4) is 0 Å². The van der Waals surface area contributed by atoms with E-state index >= 15 is 0 Å². The lowest BCUT2D eigenvalue weighted by molar-refractivity contribution is -0.122. The molecule has 1 aromatic rings. The highest BCUT2D eigenvalue weighted by Gasteiger charge is 2.32. The number of carbonyl (C=O) groups is 1. The van der Waals surface area contributed by atoms with E-state index in [-0.39, 0.29) is 5.91 Å². The van der Waals surface area contributed by atoms with Gasteiger partial charge in [-0.1, -0.05) is 20.8 Å². The normalized spacial score (nSPS) is 26.1. The van der Waals surface area contributed by atoms with E-state index in [9.17, 15) is 4.79 Å². The van der Waals surface area contributed by atoms with Gasteiger partial charge in [-0.2, -0.15) is 0 Å². The number of carbonyl (C=O) groups excluding carboxylic acids is 1. The van der Waals surface area contributed by atoms with Crippen LogP contribution in [0.4, 0.5) is 0 Å². The Morgan fingerprint density at radius 3 is 3.00 bits per heavy atom. The highest BCUT2D eigenvalue weighted by molar-refractivity contribution is 7.07. The number of amides is 1. The Morgan fingerprint density at radius 1 is 1.58 bits per heavy atom. The molecule has 0 radical (unpaired) electrons. The van der Waals surface area contributed by atoms with Crippen LogP contribution in [0.25, 0.3) is 0 Å². The zero-order valence-corrected chi connectivity index (χ0v) is 12.9. The van der Waals surface area contributed by atoms with Crippen molar-refractivity contribution in [2.75, 3.05) is 0 Å². The summed E-state index contributed by atoms with van der Waals surface area (Å²) >= 11 is 1.58. The molecule has 0 spiro atoms. The Morgan fingerprint density at radius 2 is 2.37 bits per heavy atom. The van der Waals surface area contributed by atoms with Crippen LogP contribution in [0.2, 0.25) is 0 Å². The molecule has 0 bridgehead atoms. The van der Waals surface area contributed by atoms with Crippen molar-refractivity contribution in [1.82, 2.24) is 10.3 Å². The smallest absolute Gasteiger partial charge is 0.220 e. The SMILES string of the molecule is C[C@H]1CC(C)(C)CC[C@@H]1NC(=O)CCc1cscn1. The maximum atomic E-state index is 12.0. The molecule has 2 rings (SSSR count). The molecule has 1 aromatic heterocycles. The first-order chi connectivity index (χ1) is 8.96. The summed E-state index contributed by atoms with van der Waals surface area (Å²) in [5.74, 6) is 0.747. The van der Waals surface area contributed by atoms with Crippen molar-refractivity contribution in [3.63, 3.8) is 0 Å². The van der Waals surface area contributed by atoms with Gasteiger partial charge >= 0.3 is 0 Å². The molecule has 0 unspecified atom stereocenters. The first kappa shape index (κ1) is 14.5. The average Bonchev–Trinajstić information content (AvgIpc) is 2.83. The number of nitrogens with zero attached hydrogens (tertiary/aromatic N) is 1. The molecular weight excluding hydrogens is 256 g/mol. The van der Waals surface area contributed by atoms with Crippen LogP contribution in [-0.2, 0) is 11.2 Å². The monoisotopic (exact) mass is 280 g/mol. The van der Waals surface area contributed by atoms with E-state index in [1.54, 1.807) is 11.3 Å². The summed E-state index contributed by atoms with van der Waals surface area (Å²) in [6, 6.07) is 0.357. The predicted molar refractivity (Wildman–Crippen MR) is 79.2 cm³/mol. The second-order valence-corrected chi connectivity index (χ2v) is 7.26. The molecule has 0 aromatic carbocycles. The van der Waals surface area contributed by atoms with Crippen molar-refractivity contribution in [3.05, 3.63) is 16.6 Å². The van der Waals surface area contributed by atoms with E-state index in [0.29, 0.717) is 23.8 Å². The summed E-state index contributed by atoms with van der Waals surface area (Å²) in [4.78, 5) is 16.2. The Bertz CT molecular complexity index is 414. The van der Waals surface area contributed by atoms with Crippen molar-refractivity contribution in [1.29, 1.82) is 0 Å². The quantitative estimate of drug-likeness (QED) is 0.918. The van der Waals surface area contributed by atoms with Crippen LogP contribution < -0.4 is 5.32 Å². The molecule has 19 heavy (non-hydrogen) atoms. The Kier molecular flexibility index (Phi) is 4.61. The predicted octanol–water partition coefficient (Wildman–Crippen LogP) is 3.41. The van der Waals surface area contributed by atoms with Crippen LogP contribution in [-0.4, -0.2) is 16.9 Å². The summed E-state index contributed by atoms with van der Waals surface area (Å²) in [5, 5.41) is 5.22. The zero-order valence-electron chi connectivity index (χ0n) is 12.1. The summed E-state index contributed by atoms with van der Waals surface area (Å²) in [7, 11) is 0. The zero-order chi connectivity index (χ0) is 13.9. The van der Waals surface area contributed by atoms with E-state index in [4.69, 9.17) is 0 Å². The molecule has 0 saturated heterocycles. The maximum absolute atomic E-state index is 12.0. The van der Waals surface area contributed by atoms with Crippen molar-refractivity contribution < 1.29 is 4.79 Å². The molecule has 106 valence electrons. The molecule has 1 fully saturated rings. The number of aromatic nitrogens is 1. The van der Waals surface area contributed by atoms with Crippen LogP contribution in [0.15, 0.2) is 10.9 Å². The van der Waals surface area contributed by atoms with Gasteiger partial charge in [0.1, 0.15) is 0 Å². The first-order valence-corrected chi connectivity index (χ1v) is 8.07. The fourth-order valence-electron chi connectivity index (χ4n) is 3.04. The third-order valence-corrected chi connectivity index (χ3v) is 4.77. The van der Waals surface area contributed by atoms with Gasteiger partial charge in [-0.05, 0) is 37.0 Å². The molecule has 1 aliphatic carbocycles. The standard InChI is InChI=1S/C15H24N2OS/c1-11-8-15(2,3)7-6-13(11)17-14(18)5-4-12-9-19-10-16-12/h9-11,13H,4-8H2,1-3H3,(H,17,18)/t11-,13-/m0/s1. The molecule has 4 heteroatoms. The van der Waals surface area contributed by atoms with Gasteiger partial charge in [0.25, 0.3) is 0 Å². The van der Waals surface area contributed by atoms with Crippen molar-refractivity contribution in [2.24, 2.45) is 11.3 Å². The van der Waals surface area contributed by atoms with E-state index in [1.807, 2.05) is 10.9 Å². The lowest BCUT2D eigenvalue weighted by atomic mass is 9.70. The summed E-state index contributed by atoms with van der Waals surface area (Å²) in [5.41, 5.74) is 3.28. The molecule has 2 atom stereocenters. The van der Waals surface area contributed by atoms with Gasteiger partial charge in [0.15, 0.2) is 0 Å². The van der Waals surface area contributed by atoms with Crippen molar-refractivity contribution in [2.45, 2.75) is 58.9 Å². The summed E-state index contributed by atoms with van der Waals surface area (Å²) in [6.45, 7) is 6.90. The van der Waals surface area contributed by atoms with Gasteiger partial charge in [0.2, 0.25) is 5.91 Å². The molecule has 1 saturated carbocycles. The number of rotatable bonds is 4. The molecule has 0 aliphatic heterocycles. The van der Waals surface area contributed by atoms with E-state index in [0.717, 1.165) is 18.5 Å². The molecule has 1 amide bonds. The number of nitrogens with one attached hydrogen (secondary N) is 1. The molecular formula is C15H24N2OS. The van der Waals surface area contributed by atoms with Crippen LogP contribution in [0.5, 0.6) is 0 Å². The second-order valence-electron chi connectivity index (χ2n) is 6.54.